The van der Waals surface area contributed by atoms with E-state index in [1.165, 1.54) is 5.56 Å². The van der Waals surface area contributed by atoms with Crippen LogP contribution < -0.4 is 0 Å². The fourth-order valence-electron chi connectivity index (χ4n) is 2.07. The Morgan fingerprint density at radius 2 is 1.95 bits per heavy atom. The number of aryl methyl sites for hydroxylation is 3. The zero-order valence-corrected chi connectivity index (χ0v) is 14.1. The number of nitrogens with zero attached hydrogens (tertiary/aromatic N) is 2. The van der Waals surface area contributed by atoms with Crippen LogP contribution in [-0.2, 0) is 17.8 Å². The van der Waals surface area contributed by atoms with Crippen LogP contribution in [0.3, 0.4) is 0 Å². The number of carbonyl (C=O) groups excluding carboxylic acids is 1. The minimum absolute atomic E-state index is 0.164. The molecule has 2 rings (SSSR count). The zero-order chi connectivity index (χ0) is 15.4. The maximum Gasteiger partial charge on any atom is 0.149 e. The Bertz CT molecular complexity index is 634. The highest BCUT2D eigenvalue weighted by molar-refractivity contribution is 8.00. The predicted molar refractivity (Wildman–Crippen MR) is 88.3 cm³/mol. The average molecular weight is 323 g/mol. The largest absolute Gasteiger partial charge is 0.298 e. The predicted octanol–water partition coefficient (Wildman–Crippen LogP) is 4.08. The third-order valence-corrected chi connectivity index (χ3v) is 4.80. The minimum Gasteiger partial charge on any atom is -0.298 e. The fourth-order valence-corrected chi connectivity index (χ4v) is 3.03. The van der Waals surface area contributed by atoms with Gasteiger partial charge in [-0.2, -0.15) is 5.10 Å². The van der Waals surface area contributed by atoms with Gasteiger partial charge in [0.05, 0.1) is 28.6 Å². The number of hydrogen-bond acceptors (Lipinski definition) is 3. The van der Waals surface area contributed by atoms with E-state index < -0.39 is 0 Å². The van der Waals surface area contributed by atoms with Crippen molar-refractivity contribution in [1.29, 1.82) is 0 Å². The summed E-state index contributed by atoms with van der Waals surface area (Å²) in [6, 6.07) is 8.19. The summed E-state index contributed by atoms with van der Waals surface area (Å²) in [6.45, 7) is 6.64. The van der Waals surface area contributed by atoms with Gasteiger partial charge in [0.25, 0.3) is 0 Å². The number of ketones is 1. The summed E-state index contributed by atoms with van der Waals surface area (Å²) in [5, 5.41) is 4.95. The standard InChI is InChI=1S/C16H19ClN2OS/c1-4-19-15(16(17)12(3)18-19)9-13(20)10-21-14-7-5-11(2)6-8-14/h5-8H,4,9-10H2,1-3H3. The first kappa shape index (κ1) is 16.1. The molecule has 1 heterocycles. The molecular weight excluding hydrogens is 304 g/mol. The van der Waals surface area contributed by atoms with Gasteiger partial charge in [-0.3, -0.25) is 9.48 Å². The van der Waals surface area contributed by atoms with Crippen molar-refractivity contribution >= 4 is 29.1 Å². The van der Waals surface area contributed by atoms with Gasteiger partial charge in [0, 0.05) is 11.4 Å². The molecule has 112 valence electrons. The quantitative estimate of drug-likeness (QED) is 0.752. The number of carbonyl (C=O) groups is 1. The van der Waals surface area contributed by atoms with E-state index in [-0.39, 0.29) is 5.78 Å². The van der Waals surface area contributed by atoms with E-state index in [1.54, 1.807) is 11.8 Å². The molecule has 5 heteroatoms. The Kier molecular flexibility index (Phi) is 5.48. The fraction of sp³-hybridized carbons (Fsp3) is 0.375. The van der Waals surface area contributed by atoms with Crippen molar-refractivity contribution in [1.82, 2.24) is 9.78 Å². The van der Waals surface area contributed by atoms with Gasteiger partial charge >= 0.3 is 0 Å². The SMILES string of the molecule is CCn1nc(C)c(Cl)c1CC(=O)CSc1ccc(C)cc1. The van der Waals surface area contributed by atoms with Crippen molar-refractivity contribution in [3.8, 4) is 0 Å². The molecule has 0 amide bonds. The van der Waals surface area contributed by atoms with Crippen LogP contribution in [0.1, 0.15) is 23.9 Å². The van der Waals surface area contributed by atoms with Crippen LogP contribution in [0, 0.1) is 13.8 Å². The monoisotopic (exact) mass is 322 g/mol. The summed E-state index contributed by atoms with van der Waals surface area (Å²) in [6.07, 6.45) is 0.340. The van der Waals surface area contributed by atoms with E-state index in [4.69, 9.17) is 11.6 Å². The molecule has 0 saturated heterocycles. The molecule has 0 spiro atoms. The van der Waals surface area contributed by atoms with Crippen LogP contribution in [0.2, 0.25) is 5.02 Å². The molecule has 0 bridgehead atoms. The van der Waals surface area contributed by atoms with Gasteiger partial charge < -0.3 is 0 Å². The topological polar surface area (TPSA) is 34.9 Å². The van der Waals surface area contributed by atoms with Crippen molar-refractivity contribution in [2.75, 3.05) is 5.75 Å². The number of Topliss-reactive ketones (excluding diaryl/α,β-unsaturated/α-hetero) is 1. The summed E-state index contributed by atoms with van der Waals surface area (Å²) < 4.78 is 1.81. The lowest BCUT2D eigenvalue weighted by Gasteiger charge is -2.05. The van der Waals surface area contributed by atoms with Gasteiger partial charge in [-0.1, -0.05) is 29.3 Å². The van der Waals surface area contributed by atoms with Crippen molar-refractivity contribution in [3.63, 3.8) is 0 Å². The highest BCUT2D eigenvalue weighted by Gasteiger charge is 2.16. The van der Waals surface area contributed by atoms with E-state index in [1.807, 2.05) is 30.7 Å². The lowest BCUT2D eigenvalue weighted by Crippen LogP contribution is -2.11. The number of hydrogen-bond donors (Lipinski definition) is 0. The molecule has 0 unspecified atom stereocenters. The summed E-state index contributed by atoms with van der Waals surface area (Å²) in [5.74, 6) is 0.616. The first-order valence-corrected chi connectivity index (χ1v) is 8.30. The Morgan fingerprint density at radius 3 is 2.57 bits per heavy atom. The normalized spacial score (nSPS) is 10.9. The Labute approximate surface area is 134 Å². The Hall–Kier alpha value is -1.26. The van der Waals surface area contributed by atoms with Gasteiger partial charge in [-0.25, -0.2) is 0 Å². The molecule has 0 radical (unpaired) electrons. The molecule has 21 heavy (non-hydrogen) atoms. The molecule has 0 saturated carbocycles. The number of thioether (sulfide) groups is 1. The molecule has 0 aliphatic heterocycles. The van der Waals surface area contributed by atoms with Crippen LogP contribution in [0.15, 0.2) is 29.2 Å². The Balaban J connectivity index is 1.97. The molecule has 0 aliphatic rings. The Morgan fingerprint density at radius 1 is 1.29 bits per heavy atom. The molecule has 1 aromatic carbocycles. The maximum absolute atomic E-state index is 12.2. The summed E-state index contributed by atoms with van der Waals surface area (Å²) in [4.78, 5) is 13.3. The number of aromatic nitrogens is 2. The highest BCUT2D eigenvalue weighted by Crippen LogP contribution is 2.23. The summed E-state index contributed by atoms with van der Waals surface area (Å²) in [7, 11) is 0. The van der Waals surface area contributed by atoms with Gasteiger partial charge in [0.1, 0.15) is 5.78 Å². The van der Waals surface area contributed by atoms with Gasteiger partial charge in [0.2, 0.25) is 0 Å². The van der Waals surface area contributed by atoms with E-state index in [0.717, 1.165) is 22.8 Å². The lowest BCUT2D eigenvalue weighted by molar-refractivity contribution is -0.116. The van der Waals surface area contributed by atoms with E-state index in [2.05, 4.69) is 24.2 Å². The van der Waals surface area contributed by atoms with Crippen LogP contribution in [-0.4, -0.2) is 21.3 Å². The second kappa shape index (κ2) is 7.14. The molecule has 1 aromatic heterocycles. The van der Waals surface area contributed by atoms with E-state index in [9.17, 15) is 4.79 Å². The third kappa shape index (κ3) is 4.11. The second-order valence-corrected chi connectivity index (χ2v) is 6.41. The van der Waals surface area contributed by atoms with Crippen LogP contribution >= 0.6 is 23.4 Å². The maximum atomic E-state index is 12.2. The number of benzene rings is 1. The first-order chi connectivity index (χ1) is 10.0. The second-order valence-electron chi connectivity index (χ2n) is 4.98. The zero-order valence-electron chi connectivity index (χ0n) is 12.5. The molecule has 0 fully saturated rings. The van der Waals surface area contributed by atoms with Gasteiger partial charge in [-0.15, -0.1) is 11.8 Å². The highest BCUT2D eigenvalue weighted by atomic mass is 35.5. The molecule has 0 N–H and O–H groups in total. The first-order valence-electron chi connectivity index (χ1n) is 6.94. The lowest BCUT2D eigenvalue weighted by atomic mass is 10.2. The van der Waals surface area contributed by atoms with Crippen LogP contribution in [0.5, 0.6) is 0 Å². The number of rotatable bonds is 6. The average Bonchev–Trinajstić information content (AvgIpc) is 2.74. The van der Waals surface area contributed by atoms with E-state index >= 15 is 0 Å². The van der Waals surface area contributed by atoms with Crippen molar-refractivity contribution in [3.05, 3.63) is 46.2 Å². The summed E-state index contributed by atoms with van der Waals surface area (Å²) in [5.41, 5.74) is 2.83. The minimum atomic E-state index is 0.164. The molecule has 0 aliphatic carbocycles. The molecule has 2 aromatic rings. The van der Waals surface area contributed by atoms with Crippen molar-refractivity contribution in [2.45, 2.75) is 38.6 Å². The van der Waals surface area contributed by atoms with E-state index in [0.29, 0.717) is 17.2 Å². The molecular formula is C16H19ClN2OS. The van der Waals surface area contributed by atoms with Gasteiger partial charge in [0.15, 0.2) is 0 Å². The van der Waals surface area contributed by atoms with Crippen LogP contribution in [0.4, 0.5) is 0 Å². The smallest absolute Gasteiger partial charge is 0.149 e. The van der Waals surface area contributed by atoms with Crippen molar-refractivity contribution in [2.24, 2.45) is 0 Å². The molecule has 3 nitrogen and oxygen atoms in total. The number of halogens is 1. The van der Waals surface area contributed by atoms with Crippen LogP contribution in [0.25, 0.3) is 0 Å². The summed E-state index contributed by atoms with van der Waals surface area (Å²) >= 11 is 7.79. The van der Waals surface area contributed by atoms with Crippen molar-refractivity contribution < 1.29 is 4.79 Å². The molecule has 0 atom stereocenters. The van der Waals surface area contributed by atoms with Gasteiger partial charge in [-0.05, 0) is 32.9 Å². The third-order valence-electron chi connectivity index (χ3n) is 3.24.